The van der Waals surface area contributed by atoms with Crippen molar-refractivity contribution in [3.63, 3.8) is 0 Å². The van der Waals surface area contributed by atoms with Crippen LogP contribution in [0.5, 0.6) is 0 Å². The van der Waals surface area contributed by atoms with Gasteiger partial charge in [-0.25, -0.2) is 0 Å². The first-order valence-corrected chi connectivity index (χ1v) is 6.02. The first kappa shape index (κ1) is 16.2. The van der Waals surface area contributed by atoms with E-state index in [9.17, 15) is 23.3 Å². The average molecular weight is 292 g/mol. The highest BCUT2D eigenvalue weighted by Gasteiger charge is 2.36. The fourth-order valence-corrected chi connectivity index (χ4v) is 1.85. The van der Waals surface area contributed by atoms with E-state index in [0.717, 1.165) is 12.1 Å². The molecule has 0 atom stereocenters. The Morgan fingerprint density at radius 1 is 1.40 bits per heavy atom. The van der Waals surface area contributed by atoms with Gasteiger partial charge >= 0.3 is 6.18 Å². The lowest BCUT2D eigenvalue weighted by Gasteiger charge is -2.26. The second-order valence-corrected chi connectivity index (χ2v) is 4.11. The number of nitro groups is 1. The quantitative estimate of drug-likeness (QED) is 0.646. The van der Waals surface area contributed by atoms with Crippen molar-refractivity contribution in [3.8, 4) is 0 Å². The number of anilines is 1. The average Bonchev–Trinajstić information content (AvgIpc) is 2.38. The van der Waals surface area contributed by atoms with Gasteiger partial charge in [0.25, 0.3) is 5.69 Å². The zero-order valence-electron chi connectivity index (χ0n) is 10.9. The SMILES string of the molecule is CCN(CCCO)c1ccc([N+](=O)[O-])cc1C(F)(F)F. The van der Waals surface area contributed by atoms with Gasteiger partial charge in [0.2, 0.25) is 0 Å². The number of aliphatic hydroxyl groups excluding tert-OH is 1. The Balaban J connectivity index is 3.26. The van der Waals surface area contributed by atoms with Crippen molar-refractivity contribution >= 4 is 11.4 Å². The molecule has 0 saturated heterocycles. The van der Waals surface area contributed by atoms with Crippen molar-refractivity contribution in [1.29, 1.82) is 0 Å². The molecule has 20 heavy (non-hydrogen) atoms. The van der Waals surface area contributed by atoms with Crippen molar-refractivity contribution < 1.29 is 23.2 Å². The first-order valence-electron chi connectivity index (χ1n) is 6.02. The Hall–Kier alpha value is -1.83. The minimum atomic E-state index is -4.67. The smallest absolute Gasteiger partial charge is 0.396 e. The highest BCUT2D eigenvalue weighted by atomic mass is 19.4. The molecule has 0 spiro atoms. The molecule has 5 nitrogen and oxygen atoms in total. The van der Waals surface area contributed by atoms with Crippen LogP contribution in [0.25, 0.3) is 0 Å². The van der Waals surface area contributed by atoms with Crippen molar-refractivity contribution in [2.45, 2.75) is 19.5 Å². The summed E-state index contributed by atoms with van der Waals surface area (Å²) in [5.74, 6) is 0. The Bertz CT molecular complexity index is 478. The Morgan fingerprint density at radius 2 is 2.05 bits per heavy atom. The Morgan fingerprint density at radius 3 is 2.50 bits per heavy atom. The number of benzene rings is 1. The van der Waals surface area contributed by atoms with Crippen molar-refractivity contribution in [2.24, 2.45) is 0 Å². The molecule has 0 unspecified atom stereocenters. The predicted molar refractivity (Wildman–Crippen MR) is 67.7 cm³/mol. The summed E-state index contributed by atoms with van der Waals surface area (Å²) in [7, 11) is 0. The Labute approximate surface area is 113 Å². The van der Waals surface area contributed by atoms with E-state index in [1.807, 2.05) is 0 Å². The number of alkyl halides is 3. The molecule has 0 saturated carbocycles. The topological polar surface area (TPSA) is 66.6 Å². The van der Waals surface area contributed by atoms with E-state index in [0.29, 0.717) is 19.0 Å². The molecule has 0 aromatic heterocycles. The number of hydrogen-bond donors (Lipinski definition) is 1. The van der Waals surface area contributed by atoms with Crippen molar-refractivity contribution in [1.82, 2.24) is 0 Å². The molecule has 1 N–H and O–H groups in total. The number of non-ortho nitro benzene ring substituents is 1. The van der Waals surface area contributed by atoms with E-state index in [4.69, 9.17) is 5.11 Å². The van der Waals surface area contributed by atoms with Gasteiger partial charge in [-0.15, -0.1) is 0 Å². The van der Waals surface area contributed by atoms with Gasteiger partial charge in [-0.1, -0.05) is 0 Å². The maximum Gasteiger partial charge on any atom is 0.418 e. The third-order valence-corrected chi connectivity index (χ3v) is 2.80. The van der Waals surface area contributed by atoms with Gasteiger partial charge in [-0.3, -0.25) is 10.1 Å². The summed E-state index contributed by atoms with van der Waals surface area (Å²) in [5.41, 5.74) is -1.75. The maximum atomic E-state index is 13.0. The first-order chi connectivity index (χ1) is 9.31. The van der Waals surface area contributed by atoms with Gasteiger partial charge in [0.15, 0.2) is 0 Å². The van der Waals surface area contributed by atoms with Gasteiger partial charge in [0, 0.05) is 37.5 Å². The van der Waals surface area contributed by atoms with Crippen LogP contribution in [0.3, 0.4) is 0 Å². The summed E-state index contributed by atoms with van der Waals surface area (Å²) in [6, 6.07) is 2.69. The molecule has 0 radical (unpaired) electrons. The van der Waals surface area contributed by atoms with Gasteiger partial charge in [0.1, 0.15) is 0 Å². The van der Waals surface area contributed by atoms with Crippen molar-refractivity contribution in [2.75, 3.05) is 24.6 Å². The molecule has 0 aliphatic rings. The number of halogens is 3. The van der Waals surface area contributed by atoms with Gasteiger partial charge in [-0.05, 0) is 19.4 Å². The lowest BCUT2D eigenvalue weighted by Crippen LogP contribution is -2.27. The highest BCUT2D eigenvalue weighted by molar-refractivity contribution is 5.59. The lowest BCUT2D eigenvalue weighted by molar-refractivity contribution is -0.385. The third kappa shape index (κ3) is 3.83. The molecule has 0 heterocycles. The van der Waals surface area contributed by atoms with E-state index >= 15 is 0 Å². The van der Waals surface area contributed by atoms with E-state index in [1.54, 1.807) is 6.92 Å². The van der Waals surface area contributed by atoms with E-state index in [1.165, 1.54) is 4.90 Å². The molecule has 0 fully saturated rings. The highest BCUT2D eigenvalue weighted by Crippen LogP contribution is 2.38. The number of aliphatic hydroxyl groups is 1. The monoisotopic (exact) mass is 292 g/mol. The van der Waals surface area contributed by atoms with Crippen LogP contribution < -0.4 is 4.90 Å². The lowest BCUT2D eigenvalue weighted by atomic mass is 10.1. The summed E-state index contributed by atoms with van der Waals surface area (Å²) in [6.45, 7) is 2.10. The summed E-state index contributed by atoms with van der Waals surface area (Å²) in [6.07, 6.45) is -4.35. The zero-order chi connectivity index (χ0) is 15.3. The minimum Gasteiger partial charge on any atom is -0.396 e. The molecule has 0 amide bonds. The normalized spacial score (nSPS) is 11.4. The summed E-state index contributed by atoms with van der Waals surface area (Å²) in [5, 5.41) is 19.4. The van der Waals surface area contributed by atoms with Crippen LogP contribution in [-0.4, -0.2) is 29.7 Å². The van der Waals surface area contributed by atoms with Gasteiger partial charge < -0.3 is 10.0 Å². The minimum absolute atomic E-state index is 0.112. The number of nitrogens with zero attached hydrogens (tertiary/aromatic N) is 2. The van der Waals surface area contributed by atoms with E-state index in [2.05, 4.69) is 0 Å². The van der Waals surface area contributed by atoms with Crippen LogP contribution in [0, 0.1) is 10.1 Å². The summed E-state index contributed by atoms with van der Waals surface area (Å²) >= 11 is 0. The van der Waals surface area contributed by atoms with E-state index < -0.39 is 22.4 Å². The molecule has 1 rings (SSSR count). The summed E-state index contributed by atoms with van der Waals surface area (Å²) in [4.78, 5) is 11.2. The number of nitro benzene ring substituents is 1. The van der Waals surface area contributed by atoms with Crippen LogP contribution in [0.4, 0.5) is 24.5 Å². The zero-order valence-corrected chi connectivity index (χ0v) is 10.9. The van der Waals surface area contributed by atoms with Crippen LogP contribution in [0.1, 0.15) is 18.9 Å². The molecule has 1 aromatic carbocycles. The third-order valence-electron chi connectivity index (χ3n) is 2.80. The van der Waals surface area contributed by atoms with Crippen LogP contribution >= 0.6 is 0 Å². The second kappa shape index (κ2) is 6.56. The van der Waals surface area contributed by atoms with Gasteiger partial charge in [-0.2, -0.15) is 13.2 Å². The molecular formula is C12H15F3N2O3. The molecule has 0 aliphatic carbocycles. The largest absolute Gasteiger partial charge is 0.418 e. The predicted octanol–water partition coefficient (Wildman–Crippen LogP) is 2.82. The van der Waals surface area contributed by atoms with Gasteiger partial charge in [0.05, 0.1) is 10.5 Å². The molecule has 112 valence electrons. The number of hydrogen-bond acceptors (Lipinski definition) is 4. The fraction of sp³-hybridized carbons (Fsp3) is 0.500. The standard InChI is InChI=1S/C12H15F3N2O3/c1-2-16(6-3-7-18)11-5-4-9(17(19)20)8-10(11)12(13,14)15/h4-5,8,18H,2-3,6-7H2,1H3. The second-order valence-electron chi connectivity index (χ2n) is 4.11. The van der Waals surface area contributed by atoms with Crippen LogP contribution in [0.15, 0.2) is 18.2 Å². The fourth-order valence-electron chi connectivity index (χ4n) is 1.85. The molecular weight excluding hydrogens is 277 g/mol. The van der Waals surface area contributed by atoms with E-state index in [-0.39, 0.29) is 18.8 Å². The van der Waals surface area contributed by atoms with Crippen molar-refractivity contribution in [3.05, 3.63) is 33.9 Å². The number of rotatable bonds is 6. The maximum absolute atomic E-state index is 13.0. The molecule has 8 heteroatoms. The van der Waals surface area contributed by atoms with Crippen LogP contribution in [-0.2, 0) is 6.18 Å². The summed E-state index contributed by atoms with van der Waals surface area (Å²) < 4.78 is 39.0. The molecule has 0 bridgehead atoms. The van der Waals surface area contributed by atoms with Crippen LogP contribution in [0.2, 0.25) is 0 Å². The Kier molecular flexibility index (Phi) is 5.32. The molecule has 0 aliphatic heterocycles. The molecule has 1 aromatic rings.